The maximum absolute atomic E-state index is 12.6. The van der Waals surface area contributed by atoms with Crippen LogP contribution >= 0.6 is 11.8 Å². The Labute approximate surface area is 173 Å². The van der Waals surface area contributed by atoms with Crippen molar-refractivity contribution in [2.24, 2.45) is 0 Å². The van der Waals surface area contributed by atoms with Crippen molar-refractivity contribution in [3.05, 3.63) is 60.4 Å². The number of thioether (sulfide) groups is 1. The molecule has 30 heavy (non-hydrogen) atoms. The number of carbonyl (C=O) groups excluding carboxylic acids is 2. The number of hydrogen-bond donors (Lipinski definition) is 2. The van der Waals surface area contributed by atoms with Crippen LogP contribution in [0.25, 0.3) is 5.69 Å². The highest BCUT2D eigenvalue weighted by atomic mass is 32.2. The minimum atomic E-state index is -4.43. The van der Waals surface area contributed by atoms with Crippen molar-refractivity contribution < 1.29 is 22.8 Å². The summed E-state index contributed by atoms with van der Waals surface area (Å²) in [7, 11) is 0. The Bertz CT molecular complexity index is 1050. The van der Waals surface area contributed by atoms with Crippen LogP contribution in [0.1, 0.15) is 12.5 Å². The van der Waals surface area contributed by atoms with Crippen molar-refractivity contribution in [1.82, 2.24) is 14.8 Å². The maximum atomic E-state index is 12.6. The van der Waals surface area contributed by atoms with Gasteiger partial charge in [0.25, 0.3) is 0 Å². The molecule has 156 valence electrons. The van der Waals surface area contributed by atoms with E-state index in [0.29, 0.717) is 16.5 Å². The van der Waals surface area contributed by atoms with Crippen LogP contribution in [0.2, 0.25) is 0 Å². The molecule has 11 heteroatoms. The maximum Gasteiger partial charge on any atom is 0.416 e. The number of nitrogens with zero attached hydrogens (tertiary/aromatic N) is 3. The number of amides is 2. The lowest BCUT2D eigenvalue weighted by Crippen LogP contribution is -2.15. The van der Waals surface area contributed by atoms with Crippen LogP contribution in [0, 0.1) is 0 Å². The zero-order chi connectivity index (χ0) is 21.7. The van der Waals surface area contributed by atoms with E-state index in [9.17, 15) is 22.8 Å². The van der Waals surface area contributed by atoms with E-state index in [-0.39, 0.29) is 17.3 Å². The molecule has 0 aliphatic heterocycles. The third-order valence-electron chi connectivity index (χ3n) is 3.79. The first-order valence-corrected chi connectivity index (χ1v) is 9.59. The van der Waals surface area contributed by atoms with Crippen LogP contribution in [0.15, 0.2) is 60.0 Å². The molecule has 0 unspecified atom stereocenters. The first kappa shape index (κ1) is 21.4. The molecular weight excluding hydrogens is 419 g/mol. The largest absolute Gasteiger partial charge is 0.416 e. The van der Waals surface area contributed by atoms with Gasteiger partial charge in [-0.15, -0.1) is 10.2 Å². The van der Waals surface area contributed by atoms with Gasteiger partial charge < -0.3 is 10.6 Å². The minimum absolute atomic E-state index is 0.0227. The summed E-state index contributed by atoms with van der Waals surface area (Å²) in [6, 6.07) is 11.2. The zero-order valence-corrected chi connectivity index (χ0v) is 16.4. The summed E-state index contributed by atoms with van der Waals surface area (Å²) in [6.45, 7) is 1.40. The second-order valence-corrected chi connectivity index (χ2v) is 7.07. The standard InChI is InChI=1S/C19H16F3N5O2S/c1-12(28)24-15-3-2-4-16(9-15)27-11-23-26-18(27)30-10-17(29)25-14-7-5-13(6-8-14)19(20,21)22/h2-9,11H,10H2,1H3,(H,24,28)(H,25,29). The number of rotatable bonds is 6. The van der Waals surface area contributed by atoms with Gasteiger partial charge in [0.05, 0.1) is 17.0 Å². The topological polar surface area (TPSA) is 88.9 Å². The van der Waals surface area contributed by atoms with E-state index in [0.717, 1.165) is 23.9 Å². The van der Waals surface area contributed by atoms with Crippen LogP contribution in [0.3, 0.4) is 0 Å². The number of carbonyl (C=O) groups is 2. The Hall–Kier alpha value is -3.34. The molecule has 2 N–H and O–H groups in total. The van der Waals surface area contributed by atoms with E-state index in [2.05, 4.69) is 20.8 Å². The summed E-state index contributed by atoms with van der Waals surface area (Å²) in [5, 5.41) is 13.5. The summed E-state index contributed by atoms with van der Waals surface area (Å²) in [5.74, 6) is -0.628. The van der Waals surface area contributed by atoms with Gasteiger partial charge in [-0.05, 0) is 42.5 Å². The van der Waals surface area contributed by atoms with Gasteiger partial charge in [-0.3, -0.25) is 14.2 Å². The molecular formula is C19H16F3N5O2S. The average Bonchev–Trinajstić information content (AvgIpc) is 3.14. The fourth-order valence-electron chi connectivity index (χ4n) is 2.51. The monoisotopic (exact) mass is 435 g/mol. The van der Waals surface area contributed by atoms with Crippen LogP contribution < -0.4 is 10.6 Å². The molecule has 0 aliphatic rings. The number of aromatic nitrogens is 3. The molecule has 0 saturated carbocycles. The number of halogens is 3. The molecule has 7 nitrogen and oxygen atoms in total. The summed E-state index contributed by atoms with van der Waals surface area (Å²) >= 11 is 1.11. The molecule has 2 amide bonds. The van der Waals surface area contributed by atoms with Gasteiger partial charge in [0.15, 0.2) is 5.16 Å². The first-order valence-electron chi connectivity index (χ1n) is 8.60. The lowest BCUT2D eigenvalue weighted by Gasteiger charge is -2.10. The van der Waals surface area contributed by atoms with Gasteiger partial charge in [0.1, 0.15) is 6.33 Å². The predicted molar refractivity (Wildman–Crippen MR) is 106 cm³/mol. The minimum Gasteiger partial charge on any atom is -0.326 e. The summed E-state index contributed by atoms with van der Waals surface area (Å²) in [6.07, 6.45) is -2.96. The molecule has 0 radical (unpaired) electrons. The third kappa shape index (κ3) is 5.60. The van der Waals surface area contributed by atoms with Crippen LogP contribution in [0.5, 0.6) is 0 Å². The normalized spacial score (nSPS) is 11.2. The van der Waals surface area contributed by atoms with Crippen molar-refractivity contribution in [2.45, 2.75) is 18.3 Å². The Morgan fingerprint density at radius 1 is 1.07 bits per heavy atom. The number of benzene rings is 2. The fourth-order valence-corrected chi connectivity index (χ4v) is 3.24. The Morgan fingerprint density at radius 2 is 1.80 bits per heavy atom. The van der Waals surface area contributed by atoms with Crippen molar-refractivity contribution in [2.75, 3.05) is 16.4 Å². The molecule has 1 heterocycles. The van der Waals surface area contributed by atoms with Gasteiger partial charge in [-0.2, -0.15) is 13.2 Å². The van der Waals surface area contributed by atoms with Crippen LogP contribution in [-0.4, -0.2) is 32.3 Å². The quantitative estimate of drug-likeness (QED) is 0.572. The number of alkyl halides is 3. The summed E-state index contributed by atoms with van der Waals surface area (Å²) in [5.41, 5.74) is 0.768. The van der Waals surface area contributed by atoms with Crippen LogP contribution in [0.4, 0.5) is 24.5 Å². The van der Waals surface area contributed by atoms with Gasteiger partial charge in [0, 0.05) is 18.3 Å². The third-order valence-corrected chi connectivity index (χ3v) is 4.73. The van der Waals surface area contributed by atoms with Gasteiger partial charge in [0.2, 0.25) is 11.8 Å². The molecule has 3 aromatic rings. The zero-order valence-electron chi connectivity index (χ0n) is 15.6. The SMILES string of the molecule is CC(=O)Nc1cccc(-n2cnnc2SCC(=O)Nc2ccc(C(F)(F)F)cc2)c1. The molecule has 3 rings (SSSR count). The van der Waals surface area contributed by atoms with Gasteiger partial charge in [-0.25, -0.2) is 0 Å². The smallest absolute Gasteiger partial charge is 0.326 e. The Kier molecular flexibility index (Phi) is 6.40. The van der Waals surface area contributed by atoms with Gasteiger partial charge in [-0.1, -0.05) is 17.8 Å². The van der Waals surface area contributed by atoms with Crippen molar-refractivity contribution in [1.29, 1.82) is 0 Å². The van der Waals surface area contributed by atoms with Crippen molar-refractivity contribution >= 4 is 35.0 Å². The van der Waals surface area contributed by atoms with Crippen molar-refractivity contribution in [3.8, 4) is 5.69 Å². The highest BCUT2D eigenvalue weighted by molar-refractivity contribution is 7.99. The number of nitrogens with one attached hydrogen (secondary N) is 2. The average molecular weight is 435 g/mol. The molecule has 0 aliphatic carbocycles. The molecule has 0 fully saturated rings. The first-order chi connectivity index (χ1) is 14.2. The molecule has 1 aromatic heterocycles. The highest BCUT2D eigenvalue weighted by Gasteiger charge is 2.30. The molecule has 0 bridgehead atoms. The van der Waals surface area contributed by atoms with Gasteiger partial charge >= 0.3 is 6.18 Å². The Morgan fingerprint density at radius 3 is 2.47 bits per heavy atom. The lowest BCUT2D eigenvalue weighted by molar-refractivity contribution is -0.137. The van der Waals surface area contributed by atoms with E-state index >= 15 is 0 Å². The molecule has 0 atom stereocenters. The highest BCUT2D eigenvalue weighted by Crippen LogP contribution is 2.30. The lowest BCUT2D eigenvalue weighted by atomic mass is 10.2. The van der Waals surface area contributed by atoms with Crippen molar-refractivity contribution in [3.63, 3.8) is 0 Å². The van der Waals surface area contributed by atoms with E-state index in [1.807, 2.05) is 0 Å². The predicted octanol–water partition coefficient (Wildman–Crippen LogP) is 3.98. The van der Waals surface area contributed by atoms with E-state index in [1.165, 1.54) is 25.4 Å². The second kappa shape index (κ2) is 8.99. The van der Waals surface area contributed by atoms with E-state index in [4.69, 9.17) is 0 Å². The molecule has 2 aromatic carbocycles. The van der Waals surface area contributed by atoms with E-state index in [1.54, 1.807) is 28.8 Å². The summed E-state index contributed by atoms with van der Waals surface area (Å²) in [4.78, 5) is 23.4. The molecule has 0 spiro atoms. The number of anilines is 2. The van der Waals surface area contributed by atoms with Crippen LogP contribution in [-0.2, 0) is 15.8 Å². The Balaban J connectivity index is 1.63. The fraction of sp³-hybridized carbons (Fsp3) is 0.158. The number of hydrogen-bond acceptors (Lipinski definition) is 5. The van der Waals surface area contributed by atoms with E-state index < -0.39 is 17.6 Å². The summed E-state index contributed by atoms with van der Waals surface area (Å²) < 4.78 is 39.4. The second-order valence-electron chi connectivity index (χ2n) is 6.13. The molecule has 0 saturated heterocycles.